The van der Waals surface area contributed by atoms with Gasteiger partial charge in [-0.3, -0.25) is 10.1 Å². The maximum absolute atomic E-state index is 12.5. The molecule has 0 radical (unpaired) electrons. The monoisotopic (exact) mass is 365 g/mol. The third kappa shape index (κ3) is 3.28. The molecule has 0 aromatic heterocycles. The maximum Gasteiger partial charge on any atom is 0.322 e. The van der Waals surface area contributed by atoms with Crippen molar-refractivity contribution >= 4 is 22.0 Å². The number of hydrogen-bond acceptors (Lipinski definition) is 4. The van der Waals surface area contributed by atoms with Gasteiger partial charge in [0.25, 0.3) is 5.91 Å². The van der Waals surface area contributed by atoms with E-state index in [4.69, 9.17) is 0 Å². The van der Waals surface area contributed by atoms with Crippen molar-refractivity contribution in [3.63, 3.8) is 0 Å². The largest absolute Gasteiger partial charge is 0.323 e. The fraction of sp³-hybridized carbons (Fsp3) is 0.529. The number of carbonyl (C=O) groups is 2. The van der Waals surface area contributed by atoms with Crippen molar-refractivity contribution < 1.29 is 18.0 Å². The normalized spacial score (nSPS) is 26.3. The van der Waals surface area contributed by atoms with E-state index in [2.05, 4.69) is 15.4 Å². The number of urea groups is 1. The molecule has 2 atom stereocenters. The zero-order valence-corrected chi connectivity index (χ0v) is 15.2. The summed E-state index contributed by atoms with van der Waals surface area (Å²) in [5.74, 6) is -0.295. The molecule has 1 spiro atoms. The first-order valence-corrected chi connectivity index (χ1v) is 9.96. The smallest absolute Gasteiger partial charge is 0.322 e. The minimum atomic E-state index is -3.66. The number of hydrogen-bond donors (Lipinski definition) is 3. The van der Waals surface area contributed by atoms with Gasteiger partial charge in [0, 0.05) is 12.5 Å². The van der Waals surface area contributed by atoms with Crippen molar-refractivity contribution in [1.29, 1.82) is 0 Å². The SMILES string of the molecule is CC(C)c1ccc(S(=O)(=O)NCC2CCCC23NC(=O)NC3=O)cc1. The summed E-state index contributed by atoms with van der Waals surface area (Å²) in [4.78, 5) is 23.8. The van der Waals surface area contributed by atoms with E-state index in [0.29, 0.717) is 18.8 Å². The molecule has 1 aliphatic heterocycles. The second-order valence-corrected chi connectivity index (χ2v) is 8.81. The van der Waals surface area contributed by atoms with Gasteiger partial charge >= 0.3 is 6.03 Å². The Hall–Kier alpha value is -1.93. The second-order valence-electron chi connectivity index (χ2n) is 7.04. The van der Waals surface area contributed by atoms with Crippen LogP contribution in [0.5, 0.6) is 0 Å². The van der Waals surface area contributed by atoms with Gasteiger partial charge in [0.1, 0.15) is 5.54 Å². The Morgan fingerprint density at radius 1 is 1.24 bits per heavy atom. The Kier molecular flexibility index (Phi) is 4.59. The molecule has 3 N–H and O–H groups in total. The lowest BCUT2D eigenvalue weighted by Gasteiger charge is -2.28. The molecule has 7 nitrogen and oxygen atoms in total. The van der Waals surface area contributed by atoms with Gasteiger partial charge in [-0.25, -0.2) is 17.9 Å². The van der Waals surface area contributed by atoms with Crippen LogP contribution in [0, 0.1) is 5.92 Å². The topological polar surface area (TPSA) is 104 Å². The van der Waals surface area contributed by atoms with Gasteiger partial charge in [-0.2, -0.15) is 0 Å². The summed E-state index contributed by atoms with van der Waals surface area (Å²) in [6.07, 6.45) is 1.98. The fourth-order valence-electron chi connectivity index (χ4n) is 3.65. The minimum Gasteiger partial charge on any atom is -0.323 e. The maximum atomic E-state index is 12.5. The van der Waals surface area contributed by atoms with Crippen LogP contribution in [-0.2, 0) is 14.8 Å². The van der Waals surface area contributed by atoms with E-state index in [1.165, 1.54) is 0 Å². The molecule has 1 saturated carbocycles. The summed E-state index contributed by atoms with van der Waals surface area (Å²) in [6, 6.07) is 6.28. The summed E-state index contributed by atoms with van der Waals surface area (Å²) in [5.41, 5.74) is 0.0835. The van der Waals surface area contributed by atoms with E-state index in [1.54, 1.807) is 24.3 Å². The average molecular weight is 365 g/mol. The zero-order valence-electron chi connectivity index (χ0n) is 14.3. The number of rotatable bonds is 5. The highest BCUT2D eigenvalue weighted by molar-refractivity contribution is 7.89. The molecule has 3 amide bonds. The van der Waals surface area contributed by atoms with Gasteiger partial charge in [0.05, 0.1) is 4.90 Å². The van der Waals surface area contributed by atoms with Crippen LogP contribution in [0.25, 0.3) is 0 Å². The number of carbonyl (C=O) groups excluding carboxylic acids is 2. The van der Waals surface area contributed by atoms with Gasteiger partial charge < -0.3 is 5.32 Å². The Balaban J connectivity index is 1.72. The third-order valence-electron chi connectivity index (χ3n) is 5.17. The predicted octanol–water partition coefficient (Wildman–Crippen LogP) is 1.47. The van der Waals surface area contributed by atoms with Gasteiger partial charge in [-0.05, 0) is 36.5 Å². The number of nitrogens with one attached hydrogen (secondary N) is 3. The number of sulfonamides is 1. The van der Waals surface area contributed by atoms with E-state index >= 15 is 0 Å². The number of imide groups is 1. The van der Waals surface area contributed by atoms with Crippen LogP contribution in [0.4, 0.5) is 4.79 Å². The fourth-order valence-corrected chi connectivity index (χ4v) is 4.73. The van der Waals surface area contributed by atoms with Crippen molar-refractivity contribution in [2.45, 2.75) is 49.5 Å². The quantitative estimate of drug-likeness (QED) is 0.687. The Morgan fingerprint density at radius 3 is 2.48 bits per heavy atom. The zero-order chi connectivity index (χ0) is 18.2. The molecule has 1 aromatic rings. The molecular formula is C17H23N3O4S. The lowest BCUT2D eigenvalue weighted by atomic mass is 9.87. The van der Waals surface area contributed by atoms with Crippen LogP contribution in [0.2, 0.25) is 0 Å². The average Bonchev–Trinajstić information content (AvgIpc) is 3.09. The van der Waals surface area contributed by atoms with Gasteiger partial charge in [-0.15, -0.1) is 0 Å². The lowest BCUT2D eigenvalue weighted by molar-refractivity contribution is -0.125. The van der Waals surface area contributed by atoms with Gasteiger partial charge in [0.15, 0.2) is 0 Å². The molecule has 25 heavy (non-hydrogen) atoms. The molecule has 3 rings (SSSR count). The molecule has 2 fully saturated rings. The van der Waals surface area contributed by atoms with Crippen LogP contribution in [0.1, 0.15) is 44.6 Å². The Bertz CT molecular complexity index is 789. The van der Waals surface area contributed by atoms with Gasteiger partial charge in [0.2, 0.25) is 10.0 Å². The van der Waals surface area contributed by atoms with Crippen molar-refractivity contribution in [3.8, 4) is 0 Å². The molecule has 2 unspecified atom stereocenters. The number of amides is 3. The molecule has 1 aliphatic carbocycles. The van der Waals surface area contributed by atoms with E-state index in [-0.39, 0.29) is 23.3 Å². The summed E-state index contributed by atoms with van der Waals surface area (Å²) in [5, 5.41) is 4.95. The van der Waals surface area contributed by atoms with Crippen LogP contribution < -0.4 is 15.4 Å². The van der Waals surface area contributed by atoms with E-state index in [1.807, 2.05) is 13.8 Å². The minimum absolute atomic E-state index is 0.113. The molecular weight excluding hydrogens is 342 g/mol. The molecule has 2 aliphatic rings. The van der Waals surface area contributed by atoms with E-state index < -0.39 is 21.6 Å². The van der Waals surface area contributed by atoms with E-state index in [9.17, 15) is 18.0 Å². The predicted molar refractivity (Wildman–Crippen MR) is 92.5 cm³/mol. The summed E-state index contributed by atoms with van der Waals surface area (Å²) >= 11 is 0. The molecule has 1 saturated heterocycles. The Labute approximate surface area is 147 Å². The molecule has 8 heteroatoms. The van der Waals surface area contributed by atoms with Crippen LogP contribution >= 0.6 is 0 Å². The van der Waals surface area contributed by atoms with Crippen molar-refractivity contribution in [1.82, 2.24) is 15.4 Å². The van der Waals surface area contributed by atoms with E-state index in [0.717, 1.165) is 12.0 Å². The highest BCUT2D eigenvalue weighted by Crippen LogP contribution is 2.37. The summed E-state index contributed by atoms with van der Waals surface area (Å²) < 4.78 is 27.6. The molecule has 1 heterocycles. The van der Waals surface area contributed by atoms with Crippen LogP contribution in [0.3, 0.4) is 0 Å². The first-order valence-electron chi connectivity index (χ1n) is 8.48. The van der Waals surface area contributed by atoms with Crippen molar-refractivity contribution in [2.24, 2.45) is 5.92 Å². The molecule has 0 bridgehead atoms. The highest BCUT2D eigenvalue weighted by Gasteiger charge is 2.54. The summed E-state index contributed by atoms with van der Waals surface area (Å²) in [6.45, 7) is 4.20. The van der Waals surface area contributed by atoms with Crippen molar-refractivity contribution in [2.75, 3.05) is 6.54 Å². The van der Waals surface area contributed by atoms with Gasteiger partial charge in [-0.1, -0.05) is 32.4 Å². The lowest BCUT2D eigenvalue weighted by Crippen LogP contribution is -2.53. The first-order chi connectivity index (χ1) is 11.7. The first kappa shape index (κ1) is 17.9. The third-order valence-corrected chi connectivity index (χ3v) is 6.61. The second kappa shape index (κ2) is 6.42. The van der Waals surface area contributed by atoms with Crippen molar-refractivity contribution in [3.05, 3.63) is 29.8 Å². The van der Waals surface area contributed by atoms with Crippen LogP contribution in [0.15, 0.2) is 29.2 Å². The Morgan fingerprint density at radius 2 is 1.92 bits per heavy atom. The highest BCUT2D eigenvalue weighted by atomic mass is 32.2. The van der Waals surface area contributed by atoms with Crippen LogP contribution in [-0.4, -0.2) is 32.4 Å². The molecule has 136 valence electrons. The standard InChI is InChI=1S/C17H23N3O4S/c1-11(2)12-5-7-14(8-6-12)25(23,24)18-10-13-4-3-9-17(13)15(21)19-16(22)20-17/h5-8,11,13,18H,3-4,9-10H2,1-2H3,(H2,19,20,21,22). The summed E-state index contributed by atoms with van der Waals surface area (Å²) in [7, 11) is -3.66. The molecule has 1 aromatic carbocycles. The number of benzene rings is 1.